The van der Waals surface area contributed by atoms with Crippen molar-refractivity contribution in [3.8, 4) is 0 Å². The van der Waals surface area contributed by atoms with Gasteiger partial charge in [-0.05, 0) is 12.8 Å². The van der Waals surface area contributed by atoms with Gasteiger partial charge < -0.3 is 15.0 Å². The number of rotatable bonds is 5. The average molecular weight is 239 g/mol. The number of methoxy groups -OCH3 is 1. The van der Waals surface area contributed by atoms with Crippen molar-refractivity contribution in [3.63, 3.8) is 0 Å². The molecule has 0 amide bonds. The van der Waals surface area contributed by atoms with Gasteiger partial charge in [-0.3, -0.25) is 0 Å². The first kappa shape index (κ1) is 13.7. The minimum atomic E-state index is -0.370. The highest BCUT2D eigenvalue weighted by molar-refractivity contribution is 5.73. The first-order valence-corrected chi connectivity index (χ1v) is 5.82. The lowest BCUT2D eigenvalue weighted by Gasteiger charge is -2.22. The van der Waals surface area contributed by atoms with Gasteiger partial charge in [-0.25, -0.2) is 9.78 Å². The molecule has 0 spiro atoms. The smallest absolute Gasteiger partial charge is 0.328 e. The number of aromatic nitrogens is 2. The molecule has 1 heterocycles. The highest BCUT2D eigenvalue weighted by atomic mass is 16.5. The summed E-state index contributed by atoms with van der Waals surface area (Å²) in [6.07, 6.45) is 3.43. The molecule has 1 aromatic heterocycles. The van der Waals surface area contributed by atoms with Crippen molar-refractivity contribution in [2.75, 3.05) is 13.7 Å². The zero-order chi connectivity index (χ0) is 13.0. The second kappa shape index (κ2) is 5.82. The van der Waals surface area contributed by atoms with Gasteiger partial charge in [-0.1, -0.05) is 13.8 Å². The van der Waals surface area contributed by atoms with E-state index in [4.69, 9.17) is 10.5 Å². The highest BCUT2D eigenvalue weighted by Gasteiger charge is 2.23. The van der Waals surface area contributed by atoms with Crippen LogP contribution in [0.2, 0.25) is 0 Å². The Kier molecular flexibility index (Phi) is 4.69. The molecular weight excluding hydrogens is 218 g/mol. The monoisotopic (exact) mass is 239 g/mol. The molecule has 1 aromatic rings. The second-order valence-corrected chi connectivity index (χ2v) is 4.51. The molecule has 0 saturated carbocycles. The fourth-order valence-corrected chi connectivity index (χ4v) is 1.94. The third kappa shape index (κ3) is 2.85. The molecule has 2 N–H and O–H groups in total. The molecular formula is C12H21N3O2. The van der Waals surface area contributed by atoms with Crippen molar-refractivity contribution in [3.05, 3.63) is 18.2 Å². The molecule has 96 valence electrons. The molecule has 0 aliphatic carbocycles. The topological polar surface area (TPSA) is 70.1 Å². The Hall–Kier alpha value is -1.36. The number of hydrogen-bond acceptors (Lipinski definition) is 4. The van der Waals surface area contributed by atoms with Crippen LogP contribution in [0.1, 0.15) is 38.4 Å². The number of carbonyl (C=O) groups excluding carboxylic acids is 1. The molecule has 5 heteroatoms. The summed E-state index contributed by atoms with van der Waals surface area (Å²) in [6, 6.07) is -0.370. The van der Waals surface area contributed by atoms with Crippen LogP contribution in [0.25, 0.3) is 0 Å². The maximum atomic E-state index is 11.5. The highest BCUT2D eigenvalue weighted by Crippen LogP contribution is 2.25. The minimum Gasteiger partial charge on any atom is -0.467 e. The normalized spacial score (nSPS) is 14.7. The van der Waals surface area contributed by atoms with Crippen LogP contribution in [-0.4, -0.2) is 29.2 Å². The largest absolute Gasteiger partial charge is 0.467 e. The van der Waals surface area contributed by atoms with Gasteiger partial charge in [-0.15, -0.1) is 0 Å². The van der Waals surface area contributed by atoms with E-state index in [2.05, 4.69) is 18.8 Å². The SMILES string of the molecule is COC(=O)C(C)n1cncc1C(CN)C(C)C. The lowest BCUT2D eigenvalue weighted by Crippen LogP contribution is -2.25. The van der Waals surface area contributed by atoms with E-state index in [1.807, 2.05) is 4.57 Å². The van der Waals surface area contributed by atoms with E-state index in [1.165, 1.54) is 7.11 Å². The second-order valence-electron chi connectivity index (χ2n) is 4.51. The van der Waals surface area contributed by atoms with E-state index in [9.17, 15) is 4.79 Å². The van der Waals surface area contributed by atoms with Crippen LogP contribution in [0.3, 0.4) is 0 Å². The Morgan fingerprint density at radius 3 is 2.65 bits per heavy atom. The van der Waals surface area contributed by atoms with Gasteiger partial charge >= 0.3 is 5.97 Å². The fraction of sp³-hybridized carbons (Fsp3) is 0.667. The van der Waals surface area contributed by atoms with Crippen LogP contribution in [0.15, 0.2) is 12.5 Å². The van der Waals surface area contributed by atoms with Crippen molar-refractivity contribution < 1.29 is 9.53 Å². The Balaban J connectivity index is 3.03. The molecule has 2 atom stereocenters. The number of nitrogens with zero attached hydrogens (tertiary/aromatic N) is 2. The number of hydrogen-bond donors (Lipinski definition) is 1. The maximum absolute atomic E-state index is 11.5. The van der Waals surface area contributed by atoms with Crippen LogP contribution >= 0.6 is 0 Å². The Bertz CT molecular complexity index is 374. The number of nitrogens with two attached hydrogens (primary N) is 1. The van der Waals surface area contributed by atoms with E-state index in [0.29, 0.717) is 12.5 Å². The molecule has 0 saturated heterocycles. The van der Waals surface area contributed by atoms with Gasteiger partial charge in [0.1, 0.15) is 6.04 Å². The molecule has 0 bridgehead atoms. The molecule has 17 heavy (non-hydrogen) atoms. The number of carbonyl (C=O) groups is 1. The lowest BCUT2D eigenvalue weighted by molar-refractivity contribution is -0.144. The number of imidazole rings is 1. The van der Waals surface area contributed by atoms with Crippen molar-refractivity contribution in [1.82, 2.24) is 9.55 Å². The molecule has 0 aromatic carbocycles. The summed E-state index contributed by atoms with van der Waals surface area (Å²) in [5.74, 6) is 0.327. The third-order valence-corrected chi connectivity index (χ3v) is 3.09. The van der Waals surface area contributed by atoms with Gasteiger partial charge in [0.25, 0.3) is 0 Å². The van der Waals surface area contributed by atoms with Crippen LogP contribution in [0.4, 0.5) is 0 Å². The van der Waals surface area contributed by atoms with Crippen molar-refractivity contribution in [1.29, 1.82) is 0 Å². The first-order chi connectivity index (χ1) is 8.02. The molecule has 5 nitrogen and oxygen atoms in total. The van der Waals surface area contributed by atoms with E-state index in [-0.39, 0.29) is 17.9 Å². The van der Waals surface area contributed by atoms with E-state index in [1.54, 1.807) is 19.4 Å². The lowest BCUT2D eigenvalue weighted by atomic mass is 9.92. The summed E-state index contributed by atoms with van der Waals surface area (Å²) >= 11 is 0. The zero-order valence-electron chi connectivity index (χ0n) is 10.9. The molecule has 1 rings (SSSR count). The summed E-state index contributed by atoms with van der Waals surface area (Å²) in [7, 11) is 1.39. The maximum Gasteiger partial charge on any atom is 0.328 e. The Morgan fingerprint density at radius 1 is 1.53 bits per heavy atom. The predicted molar refractivity (Wildman–Crippen MR) is 65.6 cm³/mol. The molecule has 0 aliphatic rings. The quantitative estimate of drug-likeness (QED) is 0.787. The average Bonchev–Trinajstić information content (AvgIpc) is 2.76. The van der Waals surface area contributed by atoms with Gasteiger partial charge in [0.2, 0.25) is 0 Å². The van der Waals surface area contributed by atoms with E-state index in [0.717, 1.165) is 5.69 Å². The van der Waals surface area contributed by atoms with Crippen LogP contribution in [0, 0.1) is 5.92 Å². The molecule has 0 radical (unpaired) electrons. The minimum absolute atomic E-state index is 0.199. The summed E-state index contributed by atoms with van der Waals surface area (Å²) in [5.41, 5.74) is 6.77. The predicted octanol–water partition coefficient (Wildman–Crippen LogP) is 1.32. The van der Waals surface area contributed by atoms with Gasteiger partial charge in [0.05, 0.1) is 13.4 Å². The zero-order valence-corrected chi connectivity index (χ0v) is 10.9. The first-order valence-electron chi connectivity index (χ1n) is 5.82. The van der Waals surface area contributed by atoms with E-state index >= 15 is 0 Å². The fourth-order valence-electron chi connectivity index (χ4n) is 1.94. The van der Waals surface area contributed by atoms with Crippen molar-refractivity contribution >= 4 is 5.97 Å². The standard InChI is InChI=1S/C12H21N3O2/c1-8(2)10(5-13)11-6-14-7-15(11)9(3)12(16)17-4/h6-10H,5,13H2,1-4H3. The van der Waals surface area contributed by atoms with Crippen molar-refractivity contribution in [2.24, 2.45) is 11.7 Å². The summed E-state index contributed by atoms with van der Waals surface area (Å²) in [6.45, 7) is 6.55. The van der Waals surface area contributed by atoms with Crippen LogP contribution in [0.5, 0.6) is 0 Å². The van der Waals surface area contributed by atoms with Crippen LogP contribution < -0.4 is 5.73 Å². The molecule has 2 unspecified atom stereocenters. The van der Waals surface area contributed by atoms with Crippen LogP contribution in [-0.2, 0) is 9.53 Å². The van der Waals surface area contributed by atoms with Gasteiger partial charge in [0.15, 0.2) is 0 Å². The number of esters is 1. The van der Waals surface area contributed by atoms with Gasteiger partial charge in [-0.2, -0.15) is 0 Å². The summed E-state index contributed by atoms with van der Waals surface area (Å²) in [4.78, 5) is 15.7. The third-order valence-electron chi connectivity index (χ3n) is 3.09. The number of ether oxygens (including phenoxy) is 1. The molecule has 0 aliphatic heterocycles. The Morgan fingerprint density at radius 2 is 2.18 bits per heavy atom. The van der Waals surface area contributed by atoms with E-state index < -0.39 is 0 Å². The summed E-state index contributed by atoms with van der Waals surface area (Å²) < 4.78 is 6.58. The Labute approximate surface area is 102 Å². The van der Waals surface area contributed by atoms with Crippen molar-refractivity contribution in [2.45, 2.75) is 32.7 Å². The molecule has 0 fully saturated rings. The van der Waals surface area contributed by atoms with Gasteiger partial charge in [0, 0.05) is 24.4 Å². The summed E-state index contributed by atoms with van der Waals surface area (Å²) in [5, 5.41) is 0.